The van der Waals surface area contributed by atoms with E-state index in [0.717, 1.165) is 37.0 Å². The number of rotatable bonds is 7. The Morgan fingerprint density at radius 3 is 2.62 bits per heavy atom. The van der Waals surface area contributed by atoms with E-state index < -0.39 is 0 Å². The lowest BCUT2D eigenvalue weighted by atomic mass is 10.1. The molecule has 1 saturated carbocycles. The average Bonchev–Trinajstić information content (AvgIpc) is 3.41. The predicted octanol–water partition coefficient (Wildman–Crippen LogP) is 2.59. The smallest absolute Gasteiger partial charge is 0.242 e. The first-order chi connectivity index (χ1) is 11.7. The van der Waals surface area contributed by atoms with Crippen molar-refractivity contribution in [2.45, 2.75) is 51.6 Å². The molecule has 5 heteroatoms. The van der Waals surface area contributed by atoms with Crippen molar-refractivity contribution in [2.75, 3.05) is 19.7 Å². The van der Waals surface area contributed by atoms with Crippen molar-refractivity contribution >= 4 is 11.8 Å². The largest absolute Gasteiger partial charge is 0.494 e. The number of hydrogen-bond acceptors (Lipinski definition) is 3. The van der Waals surface area contributed by atoms with Gasteiger partial charge in [-0.3, -0.25) is 9.59 Å². The molecule has 0 bridgehead atoms. The molecule has 1 aromatic carbocycles. The third-order valence-corrected chi connectivity index (χ3v) is 4.64. The number of benzene rings is 1. The Morgan fingerprint density at radius 1 is 1.25 bits per heavy atom. The van der Waals surface area contributed by atoms with Crippen LogP contribution in [0.2, 0.25) is 0 Å². The lowest BCUT2D eigenvalue weighted by molar-refractivity contribution is -0.142. The van der Waals surface area contributed by atoms with Crippen LogP contribution in [0.3, 0.4) is 0 Å². The minimum absolute atomic E-state index is 0.0710. The summed E-state index contributed by atoms with van der Waals surface area (Å²) in [5.74, 6) is 1.04. The second-order valence-electron chi connectivity index (χ2n) is 6.60. The summed E-state index contributed by atoms with van der Waals surface area (Å²) < 4.78 is 5.46. The van der Waals surface area contributed by atoms with E-state index in [-0.39, 0.29) is 18.4 Å². The van der Waals surface area contributed by atoms with E-state index in [1.165, 1.54) is 0 Å². The fourth-order valence-electron chi connectivity index (χ4n) is 3.14. The number of carbonyl (C=O) groups is 2. The lowest BCUT2D eigenvalue weighted by Crippen LogP contribution is -2.45. The van der Waals surface area contributed by atoms with Gasteiger partial charge in [-0.25, -0.2) is 0 Å². The Labute approximate surface area is 143 Å². The molecule has 0 unspecified atom stereocenters. The molecule has 1 aliphatic carbocycles. The van der Waals surface area contributed by atoms with Gasteiger partial charge in [-0.05, 0) is 50.3 Å². The molecule has 130 valence electrons. The Kier molecular flexibility index (Phi) is 5.38. The maximum atomic E-state index is 12.7. The van der Waals surface area contributed by atoms with E-state index in [1.54, 1.807) is 4.90 Å². The van der Waals surface area contributed by atoms with Gasteiger partial charge >= 0.3 is 0 Å². The van der Waals surface area contributed by atoms with Crippen molar-refractivity contribution in [3.8, 4) is 5.75 Å². The van der Waals surface area contributed by atoms with E-state index >= 15 is 0 Å². The summed E-state index contributed by atoms with van der Waals surface area (Å²) >= 11 is 0. The molecule has 1 heterocycles. The van der Waals surface area contributed by atoms with Crippen molar-refractivity contribution < 1.29 is 14.3 Å². The van der Waals surface area contributed by atoms with Crippen LogP contribution in [0.5, 0.6) is 5.75 Å². The predicted molar refractivity (Wildman–Crippen MR) is 91.6 cm³/mol. The molecular formula is C19H26N2O3. The van der Waals surface area contributed by atoms with Crippen LogP contribution in [-0.4, -0.2) is 47.4 Å². The van der Waals surface area contributed by atoms with Crippen molar-refractivity contribution in [3.05, 3.63) is 29.8 Å². The van der Waals surface area contributed by atoms with Crippen LogP contribution in [0.15, 0.2) is 24.3 Å². The van der Waals surface area contributed by atoms with E-state index in [4.69, 9.17) is 4.74 Å². The van der Waals surface area contributed by atoms with Gasteiger partial charge in [0.15, 0.2) is 0 Å². The van der Waals surface area contributed by atoms with Crippen LogP contribution in [0.25, 0.3) is 0 Å². The quantitative estimate of drug-likeness (QED) is 0.772. The number of carbonyl (C=O) groups excluding carboxylic acids is 2. The third kappa shape index (κ3) is 4.28. The van der Waals surface area contributed by atoms with Crippen molar-refractivity contribution in [3.63, 3.8) is 0 Å². The molecule has 0 aromatic heterocycles. The molecule has 2 fully saturated rings. The lowest BCUT2D eigenvalue weighted by Gasteiger charge is -2.30. The van der Waals surface area contributed by atoms with Crippen LogP contribution in [0.4, 0.5) is 0 Å². The highest BCUT2D eigenvalue weighted by Crippen LogP contribution is 2.29. The summed E-state index contributed by atoms with van der Waals surface area (Å²) in [5, 5.41) is 0. The van der Waals surface area contributed by atoms with Crippen molar-refractivity contribution in [2.24, 2.45) is 0 Å². The molecule has 1 saturated heterocycles. The monoisotopic (exact) mass is 330 g/mol. The topological polar surface area (TPSA) is 49.9 Å². The zero-order chi connectivity index (χ0) is 16.9. The second-order valence-corrected chi connectivity index (χ2v) is 6.60. The molecule has 0 spiro atoms. The van der Waals surface area contributed by atoms with Crippen LogP contribution in [0, 0.1) is 0 Å². The maximum absolute atomic E-state index is 12.7. The van der Waals surface area contributed by atoms with E-state index in [2.05, 4.69) is 0 Å². The van der Waals surface area contributed by atoms with Gasteiger partial charge in [-0.15, -0.1) is 0 Å². The highest BCUT2D eigenvalue weighted by atomic mass is 16.5. The minimum atomic E-state index is 0.0710. The number of likely N-dealkylation sites (tertiary alicyclic amines) is 1. The standard InChI is InChI=1S/C19H26N2O3/c1-2-24-17-10-6-15(7-11-17)13-21(16-8-9-16)19(23)14-20-12-4-3-5-18(20)22/h6-7,10-11,16H,2-5,8-9,12-14H2,1H3. The number of nitrogens with zero attached hydrogens (tertiary/aromatic N) is 2. The fourth-order valence-corrected chi connectivity index (χ4v) is 3.14. The normalized spacial score (nSPS) is 17.7. The summed E-state index contributed by atoms with van der Waals surface area (Å²) in [6.07, 6.45) is 4.66. The summed E-state index contributed by atoms with van der Waals surface area (Å²) in [6, 6.07) is 8.26. The molecule has 0 N–H and O–H groups in total. The molecule has 24 heavy (non-hydrogen) atoms. The van der Waals surface area contributed by atoms with Crippen LogP contribution in [0.1, 0.15) is 44.6 Å². The Bertz CT molecular complexity index is 581. The zero-order valence-electron chi connectivity index (χ0n) is 14.4. The molecule has 2 amide bonds. The Balaban J connectivity index is 1.61. The average molecular weight is 330 g/mol. The molecule has 0 radical (unpaired) electrons. The summed E-state index contributed by atoms with van der Waals surface area (Å²) in [7, 11) is 0. The molecular weight excluding hydrogens is 304 g/mol. The van der Waals surface area contributed by atoms with Crippen LogP contribution >= 0.6 is 0 Å². The first-order valence-corrected chi connectivity index (χ1v) is 8.96. The molecule has 2 aliphatic rings. The number of amides is 2. The van der Waals surface area contributed by atoms with E-state index in [9.17, 15) is 9.59 Å². The molecule has 1 aromatic rings. The fraction of sp³-hybridized carbons (Fsp3) is 0.579. The number of ether oxygens (including phenoxy) is 1. The zero-order valence-corrected chi connectivity index (χ0v) is 14.4. The highest BCUT2D eigenvalue weighted by Gasteiger charge is 2.34. The van der Waals surface area contributed by atoms with E-state index in [1.807, 2.05) is 36.1 Å². The molecule has 0 atom stereocenters. The van der Waals surface area contributed by atoms with Gasteiger partial charge in [-0.1, -0.05) is 12.1 Å². The van der Waals surface area contributed by atoms with E-state index in [0.29, 0.717) is 32.2 Å². The van der Waals surface area contributed by atoms with Gasteiger partial charge in [0.1, 0.15) is 5.75 Å². The minimum Gasteiger partial charge on any atom is -0.494 e. The number of hydrogen-bond donors (Lipinski definition) is 0. The highest BCUT2D eigenvalue weighted by molar-refractivity contribution is 5.85. The SMILES string of the molecule is CCOc1ccc(CN(C(=O)CN2CCCCC2=O)C2CC2)cc1. The first-order valence-electron chi connectivity index (χ1n) is 8.96. The molecule has 1 aliphatic heterocycles. The van der Waals surface area contributed by atoms with Crippen molar-refractivity contribution in [1.29, 1.82) is 0 Å². The third-order valence-electron chi connectivity index (χ3n) is 4.64. The van der Waals surface area contributed by atoms with Gasteiger partial charge in [0, 0.05) is 25.6 Å². The van der Waals surface area contributed by atoms with Gasteiger partial charge in [0.05, 0.1) is 13.2 Å². The van der Waals surface area contributed by atoms with Gasteiger partial charge in [0.25, 0.3) is 0 Å². The summed E-state index contributed by atoms with van der Waals surface area (Å²) in [5.41, 5.74) is 1.10. The molecule has 3 rings (SSSR count). The van der Waals surface area contributed by atoms with Crippen LogP contribution in [-0.2, 0) is 16.1 Å². The van der Waals surface area contributed by atoms with Gasteiger partial charge in [-0.2, -0.15) is 0 Å². The molecule has 5 nitrogen and oxygen atoms in total. The Morgan fingerprint density at radius 2 is 2.00 bits per heavy atom. The van der Waals surface area contributed by atoms with Crippen molar-refractivity contribution in [1.82, 2.24) is 9.80 Å². The summed E-state index contributed by atoms with van der Waals surface area (Å²) in [6.45, 7) is 4.16. The van der Waals surface area contributed by atoms with Gasteiger partial charge < -0.3 is 14.5 Å². The summed E-state index contributed by atoms with van der Waals surface area (Å²) in [4.78, 5) is 28.3. The van der Waals surface area contributed by atoms with Gasteiger partial charge in [0.2, 0.25) is 11.8 Å². The van der Waals surface area contributed by atoms with Crippen LogP contribution < -0.4 is 4.74 Å². The number of piperidine rings is 1. The maximum Gasteiger partial charge on any atom is 0.242 e. The Hall–Kier alpha value is -2.04. The first kappa shape index (κ1) is 16.8. The second kappa shape index (κ2) is 7.69.